The van der Waals surface area contributed by atoms with Crippen LogP contribution in [0, 0.1) is 0 Å². The summed E-state index contributed by atoms with van der Waals surface area (Å²) in [7, 11) is 0. The maximum atomic E-state index is 13.9. The van der Waals surface area contributed by atoms with Gasteiger partial charge in [-0.05, 0) is 84.8 Å². The van der Waals surface area contributed by atoms with Crippen molar-refractivity contribution in [1.82, 2.24) is 4.57 Å². The lowest BCUT2D eigenvalue weighted by molar-refractivity contribution is 1.16. The van der Waals surface area contributed by atoms with E-state index in [1.54, 1.807) is 12.2 Å². The van der Waals surface area contributed by atoms with Crippen LogP contribution in [0.15, 0.2) is 146 Å². The van der Waals surface area contributed by atoms with Crippen molar-refractivity contribution in [2.75, 3.05) is 4.90 Å². The standard InChI is InChI=1S/C36H30N2O.3C2H6/c1-5-14-27-20-21-30(24-26(27)7-3)37(28(8-4)15-6-2)31-22-23-35-33(25-31)36(39)32-18-12-13-19-34(32)38(35)29-16-10-9-11-17-29;3*1-2/h5-25H,2-4H2,1H3;3*1-2H3/b14-5-,28-15+;;;. The molecule has 0 radical (unpaired) electrons. The van der Waals surface area contributed by atoms with E-state index in [2.05, 4.69) is 65.6 Å². The maximum absolute atomic E-state index is 13.9. The number of allylic oxidation sites excluding steroid dienone is 4. The van der Waals surface area contributed by atoms with Crippen LogP contribution in [0.2, 0.25) is 0 Å². The molecule has 0 saturated carbocycles. The first-order chi connectivity index (χ1) is 22.1. The molecular weight excluding hydrogens is 548 g/mol. The topological polar surface area (TPSA) is 25.2 Å². The quantitative estimate of drug-likeness (QED) is 0.131. The van der Waals surface area contributed by atoms with E-state index in [9.17, 15) is 4.79 Å². The van der Waals surface area contributed by atoms with Crippen LogP contribution in [-0.4, -0.2) is 4.57 Å². The second-order valence-corrected chi connectivity index (χ2v) is 9.10. The third-order valence-electron chi connectivity index (χ3n) is 6.78. The summed E-state index contributed by atoms with van der Waals surface area (Å²) in [6.45, 7) is 26.0. The van der Waals surface area contributed by atoms with Crippen LogP contribution in [0.1, 0.15) is 59.6 Å². The molecule has 5 rings (SSSR count). The average molecular weight is 597 g/mol. The maximum Gasteiger partial charge on any atom is 0.197 e. The Bertz CT molecular complexity index is 1840. The molecule has 0 bridgehead atoms. The van der Waals surface area contributed by atoms with Crippen LogP contribution < -0.4 is 10.3 Å². The molecule has 3 nitrogen and oxygen atoms in total. The van der Waals surface area contributed by atoms with Gasteiger partial charge in [0.2, 0.25) is 0 Å². The zero-order chi connectivity index (χ0) is 33.4. The van der Waals surface area contributed by atoms with E-state index in [-0.39, 0.29) is 5.43 Å². The molecule has 5 aromatic rings. The van der Waals surface area contributed by atoms with Crippen molar-refractivity contribution in [2.24, 2.45) is 0 Å². The molecule has 232 valence electrons. The SMILES string of the molecule is C=C/C=C(\C=C)N(c1ccc(/C=C\C)c(C=C)c1)c1ccc2c(c1)c(=O)c1ccccc1n2-c1ccccc1.CC.CC.CC. The number of benzene rings is 4. The van der Waals surface area contributed by atoms with Gasteiger partial charge in [-0.2, -0.15) is 0 Å². The van der Waals surface area contributed by atoms with Gasteiger partial charge in [0.1, 0.15) is 0 Å². The highest BCUT2D eigenvalue weighted by molar-refractivity contribution is 5.97. The summed E-state index contributed by atoms with van der Waals surface area (Å²) in [4.78, 5) is 15.9. The van der Waals surface area contributed by atoms with Crippen LogP contribution in [-0.2, 0) is 0 Å². The highest BCUT2D eigenvalue weighted by atomic mass is 16.1. The highest BCUT2D eigenvalue weighted by Gasteiger charge is 2.18. The minimum atomic E-state index is -0.00218. The molecule has 3 heteroatoms. The van der Waals surface area contributed by atoms with E-state index in [0.29, 0.717) is 10.8 Å². The van der Waals surface area contributed by atoms with E-state index in [0.717, 1.165) is 44.9 Å². The summed E-state index contributed by atoms with van der Waals surface area (Å²) in [5.41, 5.74) is 7.41. The lowest BCUT2D eigenvalue weighted by atomic mass is 10.0. The normalized spacial score (nSPS) is 10.5. The molecule has 1 aromatic heterocycles. The molecule has 45 heavy (non-hydrogen) atoms. The first kappa shape index (κ1) is 36.0. The van der Waals surface area contributed by atoms with Crippen molar-refractivity contribution in [1.29, 1.82) is 0 Å². The number of para-hydroxylation sites is 2. The third kappa shape index (κ3) is 7.87. The van der Waals surface area contributed by atoms with E-state index >= 15 is 0 Å². The number of fused-ring (bicyclic) bond motifs is 2. The molecular formula is C42H48N2O. The number of pyridine rings is 1. The summed E-state index contributed by atoms with van der Waals surface area (Å²) >= 11 is 0. The Kier molecular flexibility index (Phi) is 14.8. The molecule has 0 spiro atoms. The summed E-state index contributed by atoms with van der Waals surface area (Å²) in [6.07, 6.45) is 11.4. The van der Waals surface area contributed by atoms with E-state index in [1.165, 1.54) is 0 Å². The van der Waals surface area contributed by atoms with Gasteiger partial charge in [0.25, 0.3) is 0 Å². The van der Waals surface area contributed by atoms with Gasteiger partial charge in [-0.3, -0.25) is 4.79 Å². The monoisotopic (exact) mass is 596 g/mol. The molecule has 0 aliphatic carbocycles. The van der Waals surface area contributed by atoms with E-state index in [1.807, 2.05) is 127 Å². The average Bonchev–Trinajstić information content (AvgIpc) is 3.12. The second-order valence-electron chi connectivity index (χ2n) is 9.10. The lowest BCUT2D eigenvalue weighted by Crippen LogP contribution is -2.17. The van der Waals surface area contributed by atoms with Gasteiger partial charge in [0.15, 0.2) is 5.43 Å². The number of rotatable bonds is 8. The minimum absolute atomic E-state index is 0.00218. The molecule has 4 aromatic carbocycles. The summed E-state index contributed by atoms with van der Waals surface area (Å²) < 4.78 is 2.15. The van der Waals surface area contributed by atoms with Crippen LogP contribution in [0.3, 0.4) is 0 Å². The number of anilines is 2. The molecule has 0 amide bonds. The largest absolute Gasteiger partial charge is 0.310 e. The summed E-state index contributed by atoms with van der Waals surface area (Å²) in [5, 5.41) is 1.31. The van der Waals surface area contributed by atoms with E-state index < -0.39 is 0 Å². The summed E-state index contributed by atoms with van der Waals surface area (Å²) in [5.74, 6) is 0. The van der Waals surface area contributed by atoms with Crippen LogP contribution in [0.4, 0.5) is 11.4 Å². The van der Waals surface area contributed by atoms with Crippen LogP contribution in [0.5, 0.6) is 0 Å². The first-order valence-electron chi connectivity index (χ1n) is 15.9. The lowest BCUT2D eigenvalue weighted by Gasteiger charge is -2.27. The van der Waals surface area contributed by atoms with Crippen molar-refractivity contribution >= 4 is 45.3 Å². The number of hydrogen-bond donors (Lipinski definition) is 0. The minimum Gasteiger partial charge on any atom is -0.310 e. The highest BCUT2D eigenvalue weighted by Crippen LogP contribution is 2.35. The van der Waals surface area contributed by atoms with Crippen molar-refractivity contribution in [3.8, 4) is 5.69 Å². The first-order valence-corrected chi connectivity index (χ1v) is 15.9. The molecule has 0 aliphatic heterocycles. The predicted octanol–water partition coefficient (Wildman–Crippen LogP) is 12.3. The predicted molar refractivity (Wildman–Crippen MR) is 203 cm³/mol. The fourth-order valence-corrected chi connectivity index (χ4v) is 5.04. The smallest absolute Gasteiger partial charge is 0.197 e. The van der Waals surface area contributed by atoms with Gasteiger partial charge in [0.05, 0.1) is 11.0 Å². The van der Waals surface area contributed by atoms with Crippen molar-refractivity contribution in [3.63, 3.8) is 0 Å². The zero-order valence-corrected chi connectivity index (χ0v) is 28.0. The van der Waals surface area contributed by atoms with Gasteiger partial charge in [-0.1, -0.05) is 122 Å². The molecule has 0 N–H and O–H groups in total. The Morgan fingerprint density at radius 2 is 1.29 bits per heavy atom. The Labute approximate surface area is 270 Å². The number of aromatic nitrogens is 1. The number of nitrogens with zero attached hydrogens (tertiary/aromatic N) is 2. The fourth-order valence-electron chi connectivity index (χ4n) is 5.04. The fraction of sp³-hybridized carbons (Fsp3) is 0.167. The van der Waals surface area contributed by atoms with Crippen LogP contribution in [0.25, 0.3) is 39.6 Å². The van der Waals surface area contributed by atoms with Gasteiger partial charge < -0.3 is 9.47 Å². The Morgan fingerprint density at radius 1 is 0.689 bits per heavy atom. The Balaban J connectivity index is 0.00000111. The molecule has 0 atom stereocenters. The van der Waals surface area contributed by atoms with E-state index in [4.69, 9.17) is 0 Å². The third-order valence-corrected chi connectivity index (χ3v) is 6.78. The van der Waals surface area contributed by atoms with Gasteiger partial charge in [0, 0.05) is 33.5 Å². The van der Waals surface area contributed by atoms with Crippen molar-refractivity contribution in [2.45, 2.75) is 48.5 Å². The van der Waals surface area contributed by atoms with Crippen molar-refractivity contribution < 1.29 is 0 Å². The zero-order valence-electron chi connectivity index (χ0n) is 28.0. The molecule has 1 heterocycles. The van der Waals surface area contributed by atoms with Gasteiger partial charge in [-0.25, -0.2) is 0 Å². The molecule has 0 unspecified atom stereocenters. The van der Waals surface area contributed by atoms with Crippen molar-refractivity contribution in [3.05, 3.63) is 162 Å². The molecule has 0 fully saturated rings. The number of hydrogen-bond acceptors (Lipinski definition) is 2. The second kappa shape index (κ2) is 18.5. The Morgan fingerprint density at radius 3 is 1.91 bits per heavy atom. The Hall–Kier alpha value is -5.15. The molecule has 0 saturated heterocycles. The molecule has 0 aliphatic rings. The van der Waals surface area contributed by atoms with Gasteiger partial charge >= 0.3 is 0 Å². The van der Waals surface area contributed by atoms with Gasteiger partial charge in [-0.15, -0.1) is 0 Å². The summed E-state index contributed by atoms with van der Waals surface area (Å²) in [6, 6.07) is 30.2. The van der Waals surface area contributed by atoms with Crippen LogP contribution >= 0.6 is 0 Å².